The van der Waals surface area contributed by atoms with E-state index < -0.39 is 0 Å². The van der Waals surface area contributed by atoms with E-state index in [0.717, 1.165) is 23.0 Å². The average molecular weight is 459 g/mol. The van der Waals surface area contributed by atoms with Crippen LogP contribution in [0.3, 0.4) is 0 Å². The molecule has 0 heterocycles. The van der Waals surface area contributed by atoms with E-state index >= 15 is 0 Å². The van der Waals surface area contributed by atoms with Gasteiger partial charge in [0.05, 0.1) is 0 Å². The Morgan fingerprint density at radius 2 is 0.812 bits per heavy atom. The highest BCUT2D eigenvalue weighted by Crippen LogP contribution is 2.26. The van der Waals surface area contributed by atoms with Gasteiger partial charge in [0, 0.05) is 21.3 Å². The predicted molar refractivity (Wildman–Crippen MR) is 136 cm³/mol. The maximum Gasteiger partial charge on any atom is 0.122 e. The van der Waals surface area contributed by atoms with Crippen LogP contribution in [0.1, 0.15) is 11.1 Å². The average Bonchev–Trinajstić information content (AvgIpc) is 2.87. The van der Waals surface area contributed by atoms with Gasteiger partial charge in [-0.15, -0.1) is 23.5 Å². The lowest BCUT2D eigenvalue weighted by Gasteiger charge is -2.10. The second-order valence-corrected chi connectivity index (χ2v) is 9.29. The molecule has 0 aliphatic carbocycles. The van der Waals surface area contributed by atoms with E-state index in [-0.39, 0.29) is 0 Å². The summed E-state index contributed by atoms with van der Waals surface area (Å²) in [5, 5.41) is 0. The fourth-order valence-electron chi connectivity index (χ4n) is 3.07. The molecule has 0 spiro atoms. The Hall–Kier alpha value is -2.82. The summed E-state index contributed by atoms with van der Waals surface area (Å²) >= 11 is 3.66. The highest BCUT2D eigenvalue weighted by molar-refractivity contribution is 7.98. The molecule has 0 atom stereocenters. The molecule has 0 aliphatic rings. The van der Waals surface area contributed by atoms with Gasteiger partial charge in [-0.1, -0.05) is 60.7 Å². The van der Waals surface area contributed by atoms with Gasteiger partial charge >= 0.3 is 0 Å². The van der Waals surface area contributed by atoms with Gasteiger partial charge in [0.15, 0.2) is 0 Å². The highest BCUT2D eigenvalue weighted by Gasteiger charge is 2.00. The minimum absolute atomic E-state index is 0.515. The minimum Gasteiger partial charge on any atom is -0.490 e. The van der Waals surface area contributed by atoms with Gasteiger partial charge in [0.2, 0.25) is 0 Å². The second kappa shape index (κ2) is 12.3. The van der Waals surface area contributed by atoms with E-state index in [1.165, 1.54) is 20.9 Å². The molecule has 0 aromatic heterocycles. The minimum atomic E-state index is 0.515. The van der Waals surface area contributed by atoms with Crippen molar-refractivity contribution in [3.63, 3.8) is 0 Å². The molecular weight excluding hydrogens is 432 g/mol. The fraction of sp³-hybridized carbons (Fsp3) is 0.143. The lowest BCUT2D eigenvalue weighted by atomic mass is 10.2. The van der Waals surface area contributed by atoms with Crippen molar-refractivity contribution >= 4 is 23.5 Å². The first-order valence-corrected chi connectivity index (χ1v) is 12.6. The van der Waals surface area contributed by atoms with E-state index in [2.05, 4.69) is 72.8 Å². The van der Waals surface area contributed by atoms with Crippen LogP contribution in [-0.4, -0.2) is 13.2 Å². The summed E-state index contributed by atoms with van der Waals surface area (Å²) in [7, 11) is 0. The Bertz CT molecular complexity index is 961. The van der Waals surface area contributed by atoms with Crippen LogP contribution < -0.4 is 9.47 Å². The van der Waals surface area contributed by atoms with Crippen molar-refractivity contribution in [3.8, 4) is 11.5 Å². The number of rotatable bonds is 11. The smallest absolute Gasteiger partial charge is 0.122 e. The molecule has 0 unspecified atom stereocenters. The highest BCUT2D eigenvalue weighted by atomic mass is 32.2. The SMILES string of the molecule is c1ccc(CSc2ccc(OCCOc3ccc(SCc4ccccc4)cc3)cc2)cc1. The number of hydrogen-bond donors (Lipinski definition) is 0. The Labute approximate surface area is 199 Å². The van der Waals surface area contributed by atoms with Crippen molar-refractivity contribution in [2.75, 3.05) is 13.2 Å². The first kappa shape index (κ1) is 22.4. The monoisotopic (exact) mass is 458 g/mol. The van der Waals surface area contributed by atoms with Crippen LogP contribution >= 0.6 is 23.5 Å². The zero-order valence-corrected chi connectivity index (χ0v) is 19.5. The molecule has 2 nitrogen and oxygen atoms in total. The first-order chi connectivity index (χ1) is 15.8. The molecular formula is C28H26O2S2. The van der Waals surface area contributed by atoms with Crippen LogP contribution in [-0.2, 0) is 11.5 Å². The van der Waals surface area contributed by atoms with Crippen LogP contribution in [0.15, 0.2) is 119 Å². The number of hydrogen-bond acceptors (Lipinski definition) is 4. The van der Waals surface area contributed by atoms with Gasteiger partial charge in [0.1, 0.15) is 24.7 Å². The molecule has 0 saturated carbocycles. The molecule has 4 rings (SSSR count). The molecule has 4 heteroatoms. The summed E-state index contributed by atoms with van der Waals surface area (Å²) < 4.78 is 11.6. The third kappa shape index (κ3) is 7.40. The van der Waals surface area contributed by atoms with Gasteiger partial charge in [-0.3, -0.25) is 0 Å². The molecule has 0 bridgehead atoms. The standard InChI is InChI=1S/C28H26O2S2/c1-3-7-23(8-4-1)21-31-27-15-11-25(12-16-27)29-19-20-30-26-13-17-28(18-14-26)32-22-24-9-5-2-6-10-24/h1-18H,19-22H2. The van der Waals surface area contributed by atoms with E-state index in [1.54, 1.807) is 0 Å². The number of ether oxygens (including phenoxy) is 2. The maximum atomic E-state index is 5.82. The quantitative estimate of drug-likeness (QED) is 0.169. The van der Waals surface area contributed by atoms with Crippen molar-refractivity contribution < 1.29 is 9.47 Å². The Kier molecular flexibility index (Phi) is 8.58. The normalized spacial score (nSPS) is 10.6. The summed E-state index contributed by atoms with van der Waals surface area (Å²) in [6, 6.07) is 37.5. The van der Waals surface area contributed by atoms with E-state index in [1.807, 2.05) is 59.9 Å². The van der Waals surface area contributed by atoms with Crippen LogP contribution in [0.5, 0.6) is 11.5 Å². The molecule has 0 saturated heterocycles. The summed E-state index contributed by atoms with van der Waals surface area (Å²) in [6.07, 6.45) is 0. The van der Waals surface area contributed by atoms with E-state index in [4.69, 9.17) is 9.47 Å². The second-order valence-electron chi connectivity index (χ2n) is 7.19. The third-order valence-corrected chi connectivity index (χ3v) is 6.93. The van der Waals surface area contributed by atoms with Crippen molar-refractivity contribution in [1.82, 2.24) is 0 Å². The third-order valence-electron chi connectivity index (χ3n) is 4.76. The topological polar surface area (TPSA) is 18.5 Å². The van der Waals surface area contributed by atoms with Crippen molar-refractivity contribution in [3.05, 3.63) is 120 Å². The molecule has 162 valence electrons. The largest absolute Gasteiger partial charge is 0.490 e. The van der Waals surface area contributed by atoms with Crippen LogP contribution in [0, 0.1) is 0 Å². The van der Waals surface area contributed by atoms with Crippen molar-refractivity contribution in [2.24, 2.45) is 0 Å². The summed E-state index contributed by atoms with van der Waals surface area (Å²) in [5.41, 5.74) is 2.66. The molecule has 4 aromatic carbocycles. The van der Waals surface area contributed by atoms with Crippen molar-refractivity contribution in [2.45, 2.75) is 21.3 Å². The molecule has 32 heavy (non-hydrogen) atoms. The fourth-order valence-corrected chi connectivity index (χ4v) is 4.77. The summed E-state index contributed by atoms with van der Waals surface area (Å²) in [4.78, 5) is 2.48. The van der Waals surface area contributed by atoms with Crippen LogP contribution in [0.25, 0.3) is 0 Å². The number of thioether (sulfide) groups is 2. The van der Waals surface area contributed by atoms with Crippen molar-refractivity contribution in [1.29, 1.82) is 0 Å². The predicted octanol–water partition coefficient (Wildman–Crippen LogP) is 7.73. The van der Waals surface area contributed by atoms with Gasteiger partial charge in [-0.25, -0.2) is 0 Å². The Morgan fingerprint density at radius 1 is 0.438 bits per heavy atom. The van der Waals surface area contributed by atoms with Gasteiger partial charge in [0.25, 0.3) is 0 Å². The molecule has 0 fully saturated rings. The molecule has 0 amide bonds. The molecule has 4 aromatic rings. The van der Waals surface area contributed by atoms with Crippen LogP contribution in [0.2, 0.25) is 0 Å². The van der Waals surface area contributed by atoms with Gasteiger partial charge in [-0.2, -0.15) is 0 Å². The molecule has 0 aliphatic heterocycles. The maximum absolute atomic E-state index is 5.82. The van der Waals surface area contributed by atoms with Crippen LogP contribution in [0.4, 0.5) is 0 Å². The lowest BCUT2D eigenvalue weighted by molar-refractivity contribution is 0.217. The lowest BCUT2D eigenvalue weighted by Crippen LogP contribution is -2.08. The van der Waals surface area contributed by atoms with E-state index in [0.29, 0.717) is 13.2 Å². The molecule has 0 N–H and O–H groups in total. The zero-order valence-electron chi connectivity index (χ0n) is 17.9. The van der Waals surface area contributed by atoms with Gasteiger partial charge < -0.3 is 9.47 Å². The zero-order chi connectivity index (χ0) is 21.8. The Morgan fingerprint density at radius 3 is 1.19 bits per heavy atom. The Balaban J connectivity index is 1.14. The number of benzene rings is 4. The molecule has 0 radical (unpaired) electrons. The van der Waals surface area contributed by atoms with Gasteiger partial charge in [-0.05, 0) is 59.7 Å². The first-order valence-electron chi connectivity index (χ1n) is 10.6. The summed E-state index contributed by atoms with van der Waals surface area (Å²) in [5.74, 6) is 3.67. The summed E-state index contributed by atoms with van der Waals surface area (Å²) in [6.45, 7) is 1.03. The van der Waals surface area contributed by atoms with E-state index in [9.17, 15) is 0 Å².